The van der Waals surface area contributed by atoms with Gasteiger partial charge in [0, 0.05) is 31.2 Å². The predicted molar refractivity (Wildman–Crippen MR) is 81.2 cm³/mol. The van der Waals surface area contributed by atoms with Crippen molar-refractivity contribution in [2.45, 2.75) is 25.9 Å². The molecule has 0 saturated carbocycles. The fourth-order valence-electron chi connectivity index (χ4n) is 2.75. The Morgan fingerprint density at radius 1 is 1.25 bits per heavy atom. The summed E-state index contributed by atoms with van der Waals surface area (Å²) in [7, 11) is 0. The highest BCUT2D eigenvalue weighted by Gasteiger charge is 2.23. The van der Waals surface area contributed by atoms with Gasteiger partial charge in [-0.15, -0.1) is 0 Å². The van der Waals surface area contributed by atoms with Crippen LogP contribution in [0.1, 0.15) is 29.8 Å². The van der Waals surface area contributed by atoms with E-state index in [2.05, 4.69) is 33.9 Å². The molecule has 104 valence electrons. The van der Waals surface area contributed by atoms with E-state index < -0.39 is 0 Å². The van der Waals surface area contributed by atoms with Gasteiger partial charge in [-0.25, -0.2) is 0 Å². The molecule has 0 amide bonds. The third-order valence-corrected chi connectivity index (χ3v) is 4.17. The Morgan fingerprint density at radius 2 is 2.00 bits per heavy atom. The average molecular weight is 287 g/mol. The predicted octanol–water partition coefficient (Wildman–Crippen LogP) is 2.55. The number of aromatic nitrogens is 2. The van der Waals surface area contributed by atoms with Crippen LogP contribution in [-0.4, -0.2) is 21.4 Å². The number of rotatable bonds is 2. The molecule has 1 aliphatic rings. The third kappa shape index (κ3) is 2.46. The second-order valence-electron chi connectivity index (χ2n) is 5.17. The van der Waals surface area contributed by atoms with Gasteiger partial charge in [-0.3, -0.25) is 14.7 Å². The van der Waals surface area contributed by atoms with E-state index in [9.17, 15) is 4.79 Å². The van der Waals surface area contributed by atoms with E-state index in [-0.39, 0.29) is 5.56 Å². The zero-order valence-corrected chi connectivity index (χ0v) is 12.2. The van der Waals surface area contributed by atoms with Gasteiger partial charge in [-0.1, -0.05) is 30.3 Å². The van der Waals surface area contributed by atoms with Crippen LogP contribution < -0.4 is 5.56 Å². The van der Waals surface area contributed by atoms with Crippen molar-refractivity contribution < 1.29 is 0 Å². The van der Waals surface area contributed by atoms with Crippen molar-refractivity contribution in [1.29, 1.82) is 0 Å². The maximum atomic E-state index is 12.0. The van der Waals surface area contributed by atoms with Gasteiger partial charge >= 0.3 is 0 Å². The molecule has 1 aliphatic heterocycles. The number of nitrogens with one attached hydrogen (secondary N) is 2. The Labute approximate surface area is 122 Å². The van der Waals surface area contributed by atoms with Crippen LogP contribution in [0.2, 0.25) is 0 Å². The van der Waals surface area contributed by atoms with Gasteiger partial charge in [0.05, 0.1) is 5.56 Å². The van der Waals surface area contributed by atoms with Crippen LogP contribution >= 0.6 is 12.2 Å². The van der Waals surface area contributed by atoms with Crippen molar-refractivity contribution in [3.8, 4) is 0 Å². The molecular weight excluding hydrogens is 270 g/mol. The van der Waals surface area contributed by atoms with Crippen LogP contribution in [0.3, 0.4) is 0 Å². The molecule has 2 N–H and O–H groups in total. The minimum atomic E-state index is -0.0614. The highest BCUT2D eigenvalue weighted by atomic mass is 32.1. The molecule has 1 aromatic heterocycles. The van der Waals surface area contributed by atoms with Crippen molar-refractivity contribution in [2.75, 3.05) is 6.54 Å². The van der Waals surface area contributed by atoms with Gasteiger partial charge in [-0.2, -0.15) is 0 Å². The van der Waals surface area contributed by atoms with Gasteiger partial charge in [0.2, 0.25) is 0 Å². The highest BCUT2D eigenvalue weighted by molar-refractivity contribution is 7.71. The first-order valence-electron chi connectivity index (χ1n) is 6.78. The second kappa shape index (κ2) is 5.34. The first kappa shape index (κ1) is 13.3. The van der Waals surface area contributed by atoms with Gasteiger partial charge < -0.3 is 4.98 Å². The van der Waals surface area contributed by atoms with Crippen molar-refractivity contribution in [1.82, 2.24) is 14.9 Å². The molecule has 3 rings (SSSR count). The minimum Gasteiger partial charge on any atom is -0.335 e. The fourth-order valence-corrected chi connectivity index (χ4v) is 2.97. The summed E-state index contributed by atoms with van der Waals surface area (Å²) in [5.74, 6) is 0. The molecule has 0 saturated heterocycles. The van der Waals surface area contributed by atoms with Crippen molar-refractivity contribution in [2.24, 2.45) is 0 Å². The van der Waals surface area contributed by atoms with E-state index in [1.165, 1.54) is 5.56 Å². The van der Waals surface area contributed by atoms with Gasteiger partial charge in [0.25, 0.3) is 5.56 Å². The van der Waals surface area contributed by atoms with Gasteiger partial charge in [0.1, 0.15) is 0 Å². The van der Waals surface area contributed by atoms with Gasteiger partial charge in [0.15, 0.2) is 4.77 Å². The largest absolute Gasteiger partial charge is 0.335 e. The lowest BCUT2D eigenvalue weighted by Crippen LogP contribution is -2.37. The van der Waals surface area contributed by atoms with E-state index >= 15 is 0 Å². The van der Waals surface area contributed by atoms with Crippen LogP contribution in [0.25, 0.3) is 0 Å². The Bertz CT molecular complexity index is 720. The number of hydrogen-bond acceptors (Lipinski definition) is 3. The van der Waals surface area contributed by atoms with E-state index in [1.54, 1.807) is 0 Å². The number of H-pyrrole nitrogens is 2. The molecule has 0 aliphatic carbocycles. The van der Waals surface area contributed by atoms with Crippen LogP contribution in [0.15, 0.2) is 35.1 Å². The molecule has 0 unspecified atom stereocenters. The van der Waals surface area contributed by atoms with E-state index in [1.807, 2.05) is 18.2 Å². The summed E-state index contributed by atoms with van der Waals surface area (Å²) in [6, 6.07) is 10.7. The third-order valence-electron chi connectivity index (χ3n) is 3.97. The number of fused-ring (bicyclic) bond motifs is 1. The minimum absolute atomic E-state index is 0.0614. The van der Waals surface area contributed by atoms with Crippen LogP contribution in [0, 0.1) is 4.77 Å². The molecule has 5 heteroatoms. The Morgan fingerprint density at radius 3 is 2.75 bits per heavy atom. The summed E-state index contributed by atoms with van der Waals surface area (Å²) in [4.78, 5) is 20.1. The van der Waals surface area contributed by atoms with Gasteiger partial charge in [-0.05, 0) is 24.7 Å². The summed E-state index contributed by atoms with van der Waals surface area (Å²) < 4.78 is 0.415. The lowest BCUT2D eigenvalue weighted by molar-refractivity contribution is 0.189. The topological polar surface area (TPSA) is 51.9 Å². The molecule has 2 aromatic rings. The molecule has 4 nitrogen and oxygen atoms in total. The molecule has 0 spiro atoms. The molecule has 2 heterocycles. The van der Waals surface area contributed by atoms with Crippen LogP contribution in [-0.2, 0) is 13.0 Å². The smallest absolute Gasteiger partial charge is 0.256 e. The Balaban J connectivity index is 1.89. The summed E-state index contributed by atoms with van der Waals surface area (Å²) in [5, 5.41) is 0. The highest BCUT2D eigenvalue weighted by Crippen LogP contribution is 2.25. The molecular formula is C15H17N3OS. The maximum absolute atomic E-state index is 12.0. The second-order valence-corrected chi connectivity index (χ2v) is 5.58. The number of hydrogen-bond donors (Lipinski definition) is 2. The molecule has 20 heavy (non-hydrogen) atoms. The first-order chi connectivity index (χ1) is 9.65. The van der Waals surface area contributed by atoms with E-state index in [0.717, 1.165) is 24.2 Å². The quantitative estimate of drug-likeness (QED) is 0.835. The number of nitrogens with zero attached hydrogens (tertiary/aromatic N) is 1. The molecule has 0 bridgehead atoms. The SMILES string of the molecule is C[C@@H](c1ccccc1)N1CCc2[nH]c(=S)[nH]c(=O)c2C1. The van der Waals surface area contributed by atoms with Crippen LogP contribution in [0.4, 0.5) is 0 Å². The maximum Gasteiger partial charge on any atom is 0.256 e. The number of aromatic amines is 2. The zero-order chi connectivity index (χ0) is 14.1. The lowest BCUT2D eigenvalue weighted by atomic mass is 10.0. The summed E-state index contributed by atoms with van der Waals surface area (Å²) in [5.41, 5.74) is 3.01. The standard InChI is InChI=1S/C15H17N3OS/c1-10(11-5-3-2-4-6-11)18-8-7-13-12(9-18)14(19)17-15(20)16-13/h2-6,10H,7-9H2,1H3,(H2,16,17,19,20)/t10-/m0/s1. The lowest BCUT2D eigenvalue weighted by Gasteiger charge is -2.33. The van der Waals surface area contributed by atoms with E-state index in [0.29, 0.717) is 17.4 Å². The normalized spacial score (nSPS) is 16.6. The summed E-state index contributed by atoms with van der Waals surface area (Å²) in [6.45, 7) is 3.77. The Hall–Kier alpha value is -1.72. The van der Waals surface area contributed by atoms with Crippen molar-refractivity contribution in [3.05, 3.63) is 62.3 Å². The first-order valence-corrected chi connectivity index (χ1v) is 7.19. The average Bonchev–Trinajstić information content (AvgIpc) is 2.47. The molecule has 0 fully saturated rings. The fraction of sp³-hybridized carbons (Fsp3) is 0.333. The zero-order valence-electron chi connectivity index (χ0n) is 11.3. The molecule has 1 atom stereocenters. The summed E-state index contributed by atoms with van der Waals surface area (Å²) >= 11 is 5.02. The molecule has 1 aromatic carbocycles. The van der Waals surface area contributed by atoms with Crippen molar-refractivity contribution in [3.63, 3.8) is 0 Å². The number of benzene rings is 1. The molecule has 0 radical (unpaired) electrons. The van der Waals surface area contributed by atoms with Crippen LogP contribution in [0.5, 0.6) is 0 Å². The van der Waals surface area contributed by atoms with Crippen molar-refractivity contribution >= 4 is 12.2 Å². The Kier molecular flexibility index (Phi) is 3.54. The summed E-state index contributed by atoms with van der Waals surface area (Å²) in [6.07, 6.45) is 0.833. The monoisotopic (exact) mass is 287 g/mol. The van der Waals surface area contributed by atoms with E-state index in [4.69, 9.17) is 12.2 Å².